The molecule has 0 aromatic heterocycles. The van der Waals surface area contributed by atoms with Crippen LogP contribution >= 0.6 is 7.82 Å². The molecule has 11 heteroatoms. The average molecular weight is 495 g/mol. The van der Waals surface area contributed by atoms with Gasteiger partial charge in [-0.2, -0.15) is 0 Å². The van der Waals surface area contributed by atoms with Crippen molar-refractivity contribution in [2.24, 2.45) is 28.6 Å². The van der Waals surface area contributed by atoms with Gasteiger partial charge >= 0.3 is 37.4 Å². The van der Waals surface area contributed by atoms with Crippen molar-refractivity contribution in [1.29, 1.82) is 0 Å². The van der Waals surface area contributed by atoms with Crippen LogP contribution in [-0.4, -0.2) is 55.5 Å². The molecule has 4 N–H and O–H groups in total. The van der Waals surface area contributed by atoms with Gasteiger partial charge in [0.05, 0.1) is 6.10 Å². The fraction of sp³-hybridized carbons (Fsp3) is 0.727. The summed E-state index contributed by atoms with van der Waals surface area (Å²) in [7, 11) is -4.93. The molecule has 0 saturated heterocycles. The molecule has 0 spiro atoms. The Balaban J connectivity index is 0.00000306. The number of phosphoric ester groups is 1. The number of rotatable bonds is 4. The molecule has 0 aromatic rings. The van der Waals surface area contributed by atoms with Gasteiger partial charge in [-0.05, 0) is 56.6 Å². The van der Waals surface area contributed by atoms with Gasteiger partial charge in [0.2, 0.25) is 0 Å². The predicted octanol–water partition coefficient (Wildman–Crippen LogP) is -0.983. The minimum atomic E-state index is -4.93. The second-order valence-electron chi connectivity index (χ2n) is 10.4. The minimum absolute atomic E-state index is 0. The van der Waals surface area contributed by atoms with Crippen LogP contribution in [0.4, 0.5) is 4.39 Å². The van der Waals surface area contributed by atoms with Crippen LogP contribution in [0, 0.1) is 28.6 Å². The summed E-state index contributed by atoms with van der Waals surface area (Å²) in [4.78, 5) is 42.8. The monoisotopic (exact) mass is 495 g/mol. The van der Waals surface area contributed by atoms with Gasteiger partial charge in [0.15, 0.2) is 17.2 Å². The molecule has 0 bridgehead atoms. The minimum Gasteiger partial charge on any atom is -0.390 e. The zero-order valence-corrected chi connectivity index (χ0v) is 22.2. The third kappa shape index (κ3) is 3.66. The summed E-state index contributed by atoms with van der Waals surface area (Å²) in [6.07, 6.45) is 3.70. The quantitative estimate of drug-likeness (QED) is 0.288. The van der Waals surface area contributed by atoms with E-state index in [4.69, 9.17) is 9.79 Å². The van der Waals surface area contributed by atoms with Crippen molar-refractivity contribution < 1.29 is 72.6 Å². The average Bonchev–Trinajstić information content (AvgIpc) is 2.89. The van der Waals surface area contributed by atoms with Crippen molar-refractivity contribution in [3.63, 3.8) is 0 Å². The van der Waals surface area contributed by atoms with Gasteiger partial charge in [-0.3, -0.25) is 14.1 Å². The van der Waals surface area contributed by atoms with Crippen LogP contribution in [0.3, 0.4) is 0 Å². The Hall–Kier alpha value is -0.220. The van der Waals surface area contributed by atoms with Crippen LogP contribution in [0.15, 0.2) is 23.8 Å². The molecule has 0 aromatic carbocycles. The second kappa shape index (κ2) is 8.43. The summed E-state index contributed by atoms with van der Waals surface area (Å²) >= 11 is 0. The molecule has 4 rings (SSSR count). The first-order chi connectivity index (χ1) is 14.6. The molecule has 0 heterocycles. The number of ketones is 2. The summed E-state index contributed by atoms with van der Waals surface area (Å²) in [5, 5.41) is 22.8. The first-order valence-corrected chi connectivity index (χ1v) is 12.4. The number of hydrogen-bond donors (Lipinski definition) is 4. The Morgan fingerprint density at radius 3 is 2.55 bits per heavy atom. The first-order valence-electron chi connectivity index (χ1n) is 10.9. The van der Waals surface area contributed by atoms with Gasteiger partial charge in [-0.15, -0.1) is 0 Å². The van der Waals surface area contributed by atoms with Crippen molar-refractivity contribution in [3.8, 4) is 0 Å². The number of hydrogen-bond acceptors (Lipinski definition) is 6. The molecule has 4 aliphatic rings. The number of aliphatic hydroxyl groups excluding tert-OH is 1. The van der Waals surface area contributed by atoms with Crippen molar-refractivity contribution in [1.82, 2.24) is 0 Å². The number of carbonyl (C=O) groups is 2. The number of aliphatic hydroxyl groups is 2. The van der Waals surface area contributed by atoms with Crippen LogP contribution in [-0.2, 0) is 18.7 Å². The van der Waals surface area contributed by atoms with Crippen molar-refractivity contribution >= 4 is 19.4 Å². The largest absolute Gasteiger partial charge is 1.00 e. The normalized spacial score (nSPS) is 46.5. The molecule has 178 valence electrons. The van der Waals surface area contributed by atoms with Gasteiger partial charge < -0.3 is 20.0 Å². The van der Waals surface area contributed by atoms with Gasteiger partial charge in [0, 0.05) is 16.7 Å². The molecule has 0 aliphatic heterocycles. The number of carbonyl (C=O) groups excluding carboxylic acids is 2. The van der Waals surface area contributed by atoms with Crippen molar-refractivity contribution in [2.75, 3.05) is 6.61 Å². The third-order valence-electron chi connectivity index (χ3n) is 9.01. The predicted molar refractivity (Wildman–Crippen MR) is 111 cm³/mol. The topological polar surface area (TPSA) is 141 Å². The molecule has 4 aliphatic carbocycles. The number of halogens is 1. The van der Waals surface area contributed by atoms with Gasteiger partial charge in [-0.1, -0.05) is 25.5 Å². The van der Waals surface area contributed by atoms with Crippen LogP contribution in [0.25, 0.3) is 0 Å². The zero-order valence-electron chi connectivity index (χ0n) is 19.3. The maximum absolute atomic E-state index is 17.0. The van der Waals surface area contributed by atoms with Gasteiger partial charge in [-0.25, -0.2) is 8.96 Å². The Morgan fingerprint density at radius 1 is 1.30 bits per heavy atom. The molecule has 0 radical (unpaired) electrons. The standard InChI is InChI=1S/C22H30FO8P.Na/c1-12-8-16-15-5-4-13-9-14(24)6-7-19(13,2)21(15,23)17(25)10-20(16,3)22(12,27)18(26)11-31-32(28,29)30;/h6-7,9,12,15-17,25,27H,4-5,8,10-11H2,1-3H3,(H2,28,29,30);/q;+1. The molecular formula is C22H30FNaO8P+. The van der Waals surface area contributed by atoms with Gasteiger partial charge in [0.25, 0.3) is 0 Å². The SMILES string of the molecule is CC1CC2C3CCC4=CC(=O)C=CC4(C)C3(F)C(O)CC2(C)C1(O)C(=O)COP(=O)(O)O.[Na+]. The van der Waals surface area contributed by atoms with E-state index < -0.39 is 66.2 Å². The van der Waals surface area contributed by atoms with E-state index in [-0.39, 0.29) is 41.8 Å². The maximum Gasteiger partial charge on any atom is 1.00 e. The van der Waals surface area contributed by atoms with E-state index in [0.717, 1.165) is 0 Å². The van der Waals surface area contributed by atoms with Crippen LogP contribution in [0.1, 0.15) is 46.5 Å². The van der Waals surface area contributed by atoms with Gasteiger partial charge in [0.1, 0.15) is 12.2 Å². The first kappa shape index (κ1) is 27.4. The number of alkyl halides is 1. The number of phosphoric acid groups is 1. The molecular weight excluding hydrogens is 465 g/mol. The summed E-state index contributed by atoms with van der Waals surface area (Å²) in [6.45, 7) is 4.00. The fourth-order valence-electron chi connectivity index (χ4n) is 7.39. The number of fused-ring (bicyclic) bond motifs is 5. The molecule has 8 unspecified atom stereocenters. The van der Waals surface area contributed by atoms with E-state index >= 15 is 4.39 Å². The molecule has 33 heavy (non-hydrogen) atoms. The fourth-order valence-corrected chi connectivity index (χ4v) is 7.68. The summed E-state index contributed by atoms with van der Waals surface area (Å²) in [5.41, 5.74) is -5.88. The van der Waals surface area contributed by atoms with Crippen LogP contribution in [0.5, 0.6) is 0 Å². The van der Waals surface area contributed by atoms with E-state index in [2.05, 4.69) is 4.52 Å². The summed E-state index contributed by atoms with van der Waals surface area (Å²) < 4.78 is 32.5. The van der Waals surface area contributed by atoms with E-state index in [1.807, 2.05) is 0 Å². The van der Waals surface area contributed by atoms with E-state index in [1.165, 1.54) is 18.2 Å². The smallest absolute Gasteiger partial charge is 0.390 e. The molecule has 3 saturated carbocycles. The second-order valence-corrected chi connectivity index (χ2v) is 11.6. The zero-order chi connectivity index (χ0) is 23.9. The molecule has 8 atom stereocenters. The molecule has 0 amide bonds. The van der Waals surface area contributed by atoms with Crippen molar-refractivity contribution in [2.45, 2.75) is 63.8 Å². The number of Topliss-reactive ketones (excluding diaryl/α,β-unsaturated/α-hetero) is 1. The number of allylic oxidation sites excluding steroid dienone is 4. The van der Waals surface area contributed by atoms with E-state index in [1.54, 1.807) is 20.8 Å². The van der Waals surface area contributed by atoms with Crippen LogP contribution in [0.2, 0.25) is 0 Å². The van der Waals surface area contributed by atoms with Crippen molar-refractivity contribution in [3.05, 3.63) is 23.8 Å². The molecule has 8 nitrogen and oxygen atoms in total. The summed E-state index contributed by atoms with van der Waals surface area (Å²) in [6, 6.07) is 0. The Morgan fingerprint density at radius 2 is 1.94 bits per heavy atom. The van der Waals surface area contributed by atoms with Crippen LogP contribution < -0.4 is 29.6 Å². The Kier molecular flexibility index (Phi) is 6.99. The summed E-state index contributed by atoms with van der Waals surface area (Å²) in [5.74, 6) is -2.87. The molecule has 3 fully saturated rings. The third-order valence-corrected chi connectivity index (χ3v) is 9.48. The van der Waals surface area contributed by atoms with E-state index in [9.17, 15) is 24.4 Å². The van der Waals surface area contributed by atoms with E-state index in [0.29, 0.717) is 24.8 Å². The Bertz CT molecular complexity index is 979. The maximum atomic E-state index is 17.0. The Labute approximate surface area is 214 Å².